The first-order valence-electron chi connectivity index (χ1n) is 6.94. The van der Waals surface area contributed by atoms with Crippen LogP contribution in [0.15, 0.2) is 36.4 Å². The molecule has 1 unspecified atom stereocenters. The molecule has 1 aliphatic rings. The van der Waals surface area contributed by atoms with Crippen LogP contribution in [0.25, 0.3) is 6.08 Å². The van der Waals surface area contributed by atoms with Gasteiger partial charge in [0.15, 0.2) is 0 Å². The van der Waals surface area contributed by atoms with Gasteiger partial charge in [0.05, 0.1) is 0 Å². The highest BCUT2D eigenvalue weighted by Crippen LogP contribution is 2.37. The van der Waals surface area contributed by atoms with Crippen molar-refractivity contribution in [3.05, 3.63) is 53.1 Å². The molecule has 0 heterocycles. The lowest BCUT2D eigenvalue weighted by Gasteiger charge is -2.29. The Balaban J connectivity index is 2.40. The Labute approximate surface area is 111 Å². The summed E-state index contributed by atoms with van der Waals surface area (Å²) in [6.07, 6.45) is 11.4. The zero-order valence-electron chi connectivity index (χ0n) is 12.0. The van der Waals surface area contributed by atoms with E-state index in [2.05, 4.69) is 70.2 Å². The molecule has 1 aromatic carbocycles. The van der Waals surface area contributed by atoms with E-state index < -0.39 is 0 Å². The molecule has 0 spiro atoms. The molecule has 0 heteroatoms. The summed E-state index contributed by atoms with van der Waals surface area (Å²) in [6, 6.07) is 6.99. The van der Waals surface area contributed by atoms with Crippen LogP contribution in [-0.4, -0.2) is 0 Å². The molecule has 0 aliphatic heterocycles. The van der Waals surface area contributed by atoms with Crippen LogP contribution < -0.4 is 0 Å². The van der Waals surface area contributed by atoms with Gasteiger partial charge in [0, 0.05) is 5.92 Å². The van der Waals surface area contributed by atoms with Crippen molar-refractivity contribution < 1.29 is 0 Å². The maximum absolute atomic E-state index is 2.41. The summed E-state index contributed by atoms with van der Waals surface area (Å²) >= 11 is 0. The zero-order chi connectivity index (χ0) is 13.2. The second kappa shape index (κ2) is 5.14. The predicted octanol–water partition coefficient (Wildman–Crippen LogP) is 5.35. The first kappa shape index (κ1) is 13.1. The normalized spacial score (nSPS) is 16.9. The van der Waals surface area contributed by atoms with Crippen molar-refractivity contribution in [3.8, 4) is 0 Å². The molecule has 0 bridgehead atoms. The van der Waals surface area contributed by atoms with E-state index in [1.807, 2.05) is 0 Å². The summed E-state index contributed by atoms with van der Waals surface area (Å²) in [4.78, 5) is 0. The zero-order valence-corrected chi connectivity index (χ0v) is 12.0. The third-order valence-electron chi connectivity index (χ3n) is 3.72. The SMILES string of the molecule is C/C=C\C(c1ccc2c(c1)CCC=C2)C(C)(C)C. The molecule has 0 aromatic heterocycles. The lowest BCUT2D eigenvalue weighted by atomic mass is 9.75. The first-order chi connectivity index (χ1) is 8.52. The highest BCUT2D eigenvalue weighted by Gasteiger charge is 2.24. The van der Waals surface area contributed by atoms with Gasteiger partial charge in [0.25, 0.3) is 0 Å². The molecule has 0 saturated heterocycles. The molecular formula is C18H24. The van der Waals surface area contributed by atoms with E-state index in [0.717, 1.165) is 0 Å². The quantitative estimate of drug-likeness (QED) is 0.611. The van der Waals surface area contributed by atoms with Crippen LogP contribution in [0.1, 0.15) is 56.7 Å². The monoisotopic (exact) mass is 240 g/mol. The molecule has 0 fully saturated rings. The highest BCUT2D eigenvalue weighted by atomic mass is 14.3. The van der Waals surface area contributed by atoms with E-state index >= 15 is 0 Å². The molecule has 2 rings (SSSR count). The molecule has 0 saturated carbocycles. The Bertz CT molecular complexity index is 469. The number of aryl methyl sites for hydroxylation is 1. The fraction of sp³-hybridized carbons (Fsp3) is 0.444. The molecule has 1 atom stereocenters. The fourth-order valence-corrected chi connectivity index (χ4v) is 2.74. The van der Waals surface area contributed by atoms with E-state index in [0.29, 0.717) is 5.92 Å². The minimum absolute atomic E-state index is 0.269. The van der Waals surface area contributed by atoms with Crippen molar-refractivity contribution in [3.63, 3.8) is 0 Å². The van der Waals surface area contributed by atoms with Crippen LogP contribution in [0.4, 0.5) is 0 Å². The Morgan fingerprint density at radius 1 is 1.22 bits per heavy atom. The minimum Gasteiger partial charge on any atom is -0.0910 e. The Hall–Kier alpha value is -1.30. The van der Waals surface area contributed by atoms with Crippen molar-refractivity contribution >= 4 is 6.08 Å². The van der Waals surface area contributed by atoms with Gasteiger partial charge in [-0.1, -0.05) is 63.3 Å². The molecule has 96 valence electrons. The van der Waals surface area contributed by atoms with Gasteiger partial charge in [-0.05, 0) is 41.9 Å². The summed E-state index contributed by atoms with van der Waals surface area (Å²) in [7, 11) is 0. The predicted molar refractivity (Wildman–Crippen MR) is 80.8 cm³/mol. The van der Waals surface area contributed by atoms with Gasteiger partial charge in [0.2, 0.25) is 0 Å². The smallest absolute Gasteiger partial charge is 0.00665 e. The van der Waals surface area contributed by atoms with E-state index in [-0.39, 0.29) is 5.41 Å². The molecule has 0 nitrogen and oxygen atoms in total. The third kappa shape index (κ3) is 2.75. The van der Waals surface area contributed by atoms with Gasteiger partial charge in [-0.25, -0.2) is 0 Å². The summed E-state index contributed by atoms with van der Waals surface area (Å²) in [5.74, 6) is 0.499. The average Bonchev–Trinajstić information content (AvgIpc) is 2.34. The summed E-state index contributed by atoms with van der Waals surface area (Å²) < 4.78 is 0. The van der Waals surface area contributed by atoms with Crippen molar-refractivity contribution in [2.24, 2.45) is 5.41 Å². The lowest BCUT2D eigenvalue weighted by Crippen LogP contribution is -2.17. The molecule has 0 radical (unpaired) electrons. The number of allylic oxidation sites excluding steroid dienone is 3. The van der Waals surface area contributed by atoms with E-state index in [1.165, 1.54) is 29.5 Å². The Kier molecular flexibility index (Phi) is 3.75. The van der Waals surface area contributed by atoms with E-state index in [4.69, 9.17) is 0 Å². The fourth-order valence-electron chi connectivity index (χ4n) is 2.74. The van der Waals surface area contributed by atoms with Crippen LogP contribution in [-0.2, 0) is 6.42 Å². The Morgan fingerprint density at radius 2 is 2.00 bits per heavy atom. The van der Waals surface area contributed by atoms with E-state index in [9.17, 15) is 0 Å². The summed E-state index contributed by atoms with van der Waals surface area (Å²) in [6.45, 7) is 9.06. The van der Waals surface area contributed by atoms with Crippen LogP contribution in [0.5, 0.6) is 0 Å². The standard InChI is InChI=1S/C18H24/c1-5-8-17(18(2,3)4)16-12-11-14-9-6-7-10-15(14)13-16/h5-6,8-9,11-13,17H,7,10H2,1-4H3/b8-5-. The van der Waals surface area contributed by atoms with Crippen molar-refractivity contribution in [1.29, 1.82) is 0 Å². The maximum Gasteiger partial charge on any atom is 0.00665 e. The Morgan fingerprint density at radius 3 is 2.67 bits per heavy atom. The van der Waals surface area contributed by atoms with Crippen molar-refractivity contribution in [2.75, 3.05) is 0 Å². The van der Waals surface area contributed by atoms with Gasteiger partial charge < -0.3 is 0 Å². The van der Waals surface area contributed by atoms with Crippen molar-refractivity contribution in [1.82, 2.24) is 0 Å². The van der Waals surface area contributed by atoms with E-state index in [1.54, 1.807) is 0 Å². The number of benzene rings is 1. The molecule has 18 heavy (non-hydrogen) atoms. The molecule has 0 amide bonds. The third-order valence-corrected chi connectivity index (χ3v) is 3.72. The molecule has 0 N–H and O–H groups in total. The van der Waals surface area contributed by atoms with Crippen molar-refractivity contribution in [2.45, 2.75) is 46.5 Å². The molecule has 1 aliphatic carbocycles. The molecule has 1 aromatic rings. The topological polar surface area (TPSA) is 0 Å². The first-order valence-corrected chi connectivity index (χ1v) is 6.94. The van der Waals surface area contributed by atoms with Gasteiger partial charge in [-0.2, -0.15) is 0 Å². The van der Waals surface area contributed by atoms with Crippen LogP contribution in [0, 0.1) is 5.41 Å². The minimum atomic E-state index is 0.269. The lowest BCUT2D eigenvalue weighted by molar-refractivity contribution is 0.366. The number of fused-ring (bicyclic) bond motifs is 1. The largest absolute Gasteiger partial charge is 0.0910 e. The highest BCUT2D eigenvalue weighted by molar-refractivity contribution is 5.57. The van der Waals surface area contributed by atoms with Crippen LogP contribution in [0.2, 0.25) is 0 Å². The van der Waals surface area contributed by atoms with Gasteiger partial charge >= 0.3 is 0 Å². The van der Waals surface area contributed by atoms with Gasteiger partial charge in [-0.15, -0.1) is 0 Å². The molecular weight excluding hydrogens is 216 g/mol. The summed E-state index contributed by atoms with van der Waals surface area (Å²) in [5.41, 5.74) is 4.63. The second-order valence-corrected chi connectivity index (χ2v) is 6.27. The number of rotatable bonds is 2. The second-order valence-electron chi connectivity index (χ2n) is 6.27. The maximum atomic E-state index is 2.41. The van der Waals surface area contributed by atoms with Crippen LogP contribution in [0.3, 0.4) is 0 Å². The van der Waals surface area contributed by atoms with Gasteiger partial charge in [0.1, 0.15) is 0 Å². The summed E-state index contributed by atoms with van der Waals surface area (Å²) in [5, 5.41) is 0. The van der Waals surface area contributed by atoms with Crippen LogP contribution >= 0.6 is 0 Å². The average molecular weight is 240 g/mol. The number of hydrogen-bond donors (Lipinski definition) is 0. The number of hydrogen-bond acceptors (Lipinski definition) is 0. The van der Waals surface area contributed by atoms with Gasteiger partial charge in [-0.3, -0.25) is 0 Å².